The minimum atomic E-state index is 0.616. The molecule has 0 aliphatic carbocycles. The summed E-state index contributed by atoms with van der Waals surface area (Å²) in [6.07, 6.45) is 3.69. The van der Waals surface area contributed by atoms with E-state index in [2.05, 4.69) is 18.8 Å². The highest BCUT2D eigenvalue weighted by atomic mass is 14.8. The average molecular weight is 111 g/mol. The van der Waals surface area contributed by atoms with Crippen molar-refractivity contribution in [2.24, 2.45) is 4.99 Å². The van der Waals surface area contributed by atoms with Crippen LogP contribution in [0.4, 0.5) is 0 Å². The van der Waals surface area contributed by atoms with Gasteiger partial charge in [-0.3, -0.25) is 4.99 Å². The summed E-state index contributed by atoms with van der Waals surface area (Å²) in [5.74, 6) is 0. The molecule has 1 rings (SSSR count). The summed E-state index contributed by atoms with van der Waals surface area (Å²) in [4.78, 5) is 4.42. The maximum absolute atomic E-state index is 4.42. The van der Waals surface area contributed by atoms with Crippen LogP contribution in [0.3, 0.4) is 0 Å². The van der Waals surface area contributed by atoms with Gasteiger partial charge in [0.25, 0.3) is 0 Å². The second-order valence-electron chi connectivity index (χ2n) is 2.44. The Morgan fingerprint density at radius 1 is 1.75 bits per heavy atom. The van der Waals surface area contributed by atoms with Gasteiger partial charge in [-0.2, -0.15) is 0 Å². The van der Waals surface area contributed by atoms with Gasteiger partial charge >= 0.3 is 0 Å². The van der Waals surface area contributed by atoms with Crippen molar-refractivity contribution in [1.29, 1.82) is 0 Å². The van der Waals surface area contributed by atoms with E-state index in [1.807, 2.05) is 0 Å². The van der Waals surface area contributed by atoms with Crippen molar-refractivity contribution in [3.8, 4) is 0 Å². The van der Waals surface area contributed by atoms with Gasteiger partial charge in [-0.05, 0) is 26.2 Å². The fraction of sp³-hybridized carbons (Fsp3) is 0.857. The van der Waals surface area contributed by atoms with Crippen molar-refractivity contribution in [2.45, 2.75) is 39.2 Å². The van der Waals surface area contributed by atoms with Gasteiger partial charge < -0.3 is 0 Å². The third kappa shape index (κ3) is 1.09. The van der Waals surface area contributed by atoms with Crippen LogP contribution in [-0.4, -0.2) is 11.8 Å². The molecule has 1 nitrogen and oxygen atoms in total. The van der Waals surface area contributed by atoms with E-state index in [1.54, 1.807) is 0 Å². The van der Waals surface area contributed by atoms with Gasteiger partial charge in [-0.15, -0.1) is 0 Å². The van der Waals surface area contributed by atoms with Crippen molar-refractivity contribution >= 4 is 5.71 Å². The average Bonchev–Trinajstić information content (AvgIpc) is 2.14. The zero-order valence-electron chi connectivity index (χ0n) is 5.65. The molecule has 0 spiro atoms. The molecule has 8 heavy (non-hydrogen) atoms. The summed E-state index contributed by atoms with van der Waals surface area (Å²) in [6.45, 7) is 4.36. The molecule has 0 saturated heterocycles. The normalized spacial score (nSPS) is 28.2. The lowest BCUT2D eigenvalue weighted by atomic mass is 10.2. The topological polar surface area (TPSA) is 12.4 Å². The first-order valence-electron chi connectivity index (χ1n) is 3.38. The molecule has 0 saturated carbocycles. The van der Waals surface area contributed by atoms with Crippen LogP contribution in [0.15, 0.2) is 4.99 Å². The molecular formula is C7H13N. The van der Waals surface area contributed by atoms with Crippen LogP contribution in [0, 0.1) is 0 Å². The molecule has 1 heterocycles. The number of nitrogens with zero attached hydrogens (tertiary/aromatic N) is 1. The number of hydrogen-bond donors (Lipinski definition) is 0. The van der Waals surface area contributed by atoms with E-state index >= 15 is 0 Å². The SMILES string of the molecule is CCC1=NC(C)CC1. The van der Waals surface area contributed by atoms with Gasteiger partial charge in [0.2, 0.25) is 0 Å². The van der Waals surface area contributed by atoms with Crippen molar-refractivity contribution < 1.29 is 0 Å². The zero-order valence-corrected chi connectivity index (χ0v) is 5.65. The van der Waals surface area contributed by atoms with Gasteiger partial charge in [0, 0.05) is 11.8 Å². The van der Waals surface area contributed by atoms with Crippen molar-refractivity contribution in [3.63, 3.8) is 0 Å². The second-order valence-corrected chi connectivity index (χ2v) is 2.44. The van der Waals surface area contributed by atoms with Crippen LogP contribution >= 0.6 is 0 Å². The summed E-state index contributed by atoms with van der Waals surface area (Å²) in [6, 6.07) is 0.616. The summed E-state index contributed by atoms with van der Waals surface area (Å²) in [5, 5.41) is 0. The molecule has 1 aliphatic rings. The van der Waals surface area contributed by atoms with Crippen LogP contribution in [0.25, 0.3) is 0 Å². The van der Waals surface area contributed by atoms with Crippen LogP contribution in [-0.2, 0) is 0 Å². The summed E-state index contributed by atoms with van der Waals surface area (Å²) in [7, 11) is 0. The highest BCUT2D eigenvalue weighted by Crippen LogP contribution is 2.13. The quantitative estimate of drug-likeness (QED) is 0.491. The number of aliphatic imine (C=N–C) groups is 1. The number of rotatable bonds is 1. The first-order chi connectivity index (χ1) is 3.83. The first kappa shape index (κ1) is 5.80. The van der Waals surface area contributed by atoms with Gasteiger partial charge in [0.05, 0.1) is 0 Å². The Kier molecular flexibility index (Phi) is 1.66. The first-order valence-corrected chi connectivity index (χ1v) is 3.38. The lowest BCUT2D eigenvalue weighted by molar-refractivity contribution is 0.739. The monoisotopic (exact) mass is 111 g/mol. The highest BCUT2D eigenvalue weighted by Gasteiger charge is 2.09. The molecule has 0 radical (unpaired) electrons. The third-order valence-electron chi connectivity index (χ3n) is 1.66. The summed E-state index contributed by atoms with van der Waals surface area (Å²) in [5.41, 5.74) is 1.41. The van der Waals surface area contributed by atoms with E-state index in [0.717, 1.165) is 6.42 Å². The largest absolute Gasteiger partial charge is 0.291 e. The van der Waals surface area contributed by atoms with E-state index in [-0.39, 0.29) is 0 Å². The van der Waals surface area contributed by atoms with Crippen molar-refractivity contribution in [3.05, 3.63) is 0 Å². The minimum absolute atomic E-state index is 0.616. The smallest absolute Gasteiger partial charge is 0.0474 e. The van der Waals surface area contributed by atoms with E-state index in [9.17, 15) is 0 Å². The highest BCUT2D eigenvalue weighted by molar-refractivity contribution is 5.85. The second kappa shape index (κ2) is 2.29. The number of hydrogen-bond acceptors (Lipinski definition) is 1. The van der Waals surface area contributed by atoms with Crippen LogP contribution in [0.5, 0.6) is 0 Å². The molecule has 0 amide bonds. The van der Waals surface area contributed by atoms with Gasteiger partial charge in [-0.25, -0.2) is 0 Å². The Labute approximate surface area is 50.8 Å². The fourth-order valence-corrected chi connectivity index (χ4v) is 1.08. The Bertz CT molecular complexity index is 105. The molecule has 1 aliphatic heterocycles. The Morgan fingerprint density at radius 3 is 2.75 bits per heavy atom. The Hall–Kier alpha value is -0.330. The molecule has 1 atom stereocenters. The minimum Gasteiger partial charge on any atom is -0.291 e. The van der Waals surface area contributed by atoms with Crippen molar-refractivity contribution in [2.75, 3.05) is 0 Å². The zero-order chi connectivity index (χ0) is 5.98. The van der Waals surface area contributed by atoms with Crippen molar-refractivity contribution in [1.82, 2.24) is 0 Å². The van der Waals surface area contributed by atoms with E-state index < -0.39 is 0 Å². The maximum Gasteiger partial charge on any atom is 0.0474 e. The molecule has 46 valence electrons. The van der Waals surface area contributed by atoms with E-state index in [1.165, 1.54) is 18.6 Å². The summed E-state index contributed by atoms with van der Waals surface area (Å²) < 4.78 is 0. The molecular weight excluding hydrogens is 98.1 g/mol. The van der Waals surface area contributed by atoms with Gasteiger partial charge in [0.15, 0.2) is 0 Å². The fourth-order valence-electron chi connectivity index (χ4n) is 1.08. The molecule has 0 N–H and O–H groups in total. The van der Waals surface area contributed by atoms with Gasteiger partial charge in [-0.1, -0.05) is 6.92 Å². The molecule has 0 fully saturated rings. The molecule has 0 bridgehead atoms. The summed E-state index contributed by atoms with van der Waals surface area (Å²) >= 11 is 0. The van der Waals surface area contributed by atoms with Crippen LogP contribution in [0.1, 0.15) is 33.1 Å². The Morgan fingerprint density at radius 2 is 2.50 bits per heavy atom. The van der Waals surface area contributed by atoms with Gasteiger partial charge in [0.1, 0.15) is 0 Å². The predicted molar refractivity (Wildman–Crippen MR) is 36.4 cm³/mol. The van der Waals surface area contributed by atoms with Crippen LogP contribution < -0.4 is 0 Å². The lowest BCUT2D eigenvalue weighted by Crippen LogP contribution is -1.86. The third-order valence-corrected chi connectivity index (χ3v) is 1.66. The molecule has 0 aromatic carbocycles. The predicted octanol–water partition coefficient (Wildman–Crippen LogP) is 2.02. The molecule has 0 aromatic rings. The van der Waals surface area contributed by atoms with E-state index in [0.29, 0.717) is 6.04 Å². The molecule has 1 unspecified atom stereocenters. The lowest BCUT2D eigenvalue weighted by Gasteiger charge is -1.89. The van der Waals surface area contributed by atoms with E-state index in [4.69, 9.17) is 0 Å². The molecule has 1 heteroatoms. The molecule has 0 aromatic heterocycles. The van der Waals surface area contributed by atoms with Crippen LogP contribution in [0.2, 0.25) is 0 Å². The Balaban J connectivity index is 2.44. The standard InChI is InChI=1S/C7H13N/c1-3-7-5-4-6(2)8-7/h6H,3-5H2,1-2H3. The maximum atomic E-state index is 4.42.